The van der Waals surface area contributed by atoms with Crippen LogP contribution < -0.4 is 37.2 Å². The average Bonchev–Trinajstić information content (AvgIpc) is 3.01. The normalized spacial score (nSPS) is 17.0. The van der Waals surface area contributed by atoms with Crippen molar-refractivity contribution in [3.63, 3.8) is 0 Å². The summed E-state index contributed by atoms with van der Waals surface area (Å²) in [5.74, 6) is 2.78. The van der Waals surface area contributed by atoms with E-state index in [0.717, 1.165) is 5.92 Å². The topological polar surface area (TPSA) is 0 Å². The maximum Gasteiger partial charge on any atom is 4.00 e. The van der Waals surface area contributed by atoms with Crippen molar-refractivity contribution in [3.8, 4) is 0 Å². The minimum absolute atomic E-state index is 0. The molecular formula is C22H21Cl3Ti. The van der Waals surface area contributed by atoms with E-state index in [2.05, 4.69) is 78.9 Å². The predicted octanol–water partition coefficient (Wildman–Crippen LogP) is -3.30. The molecule has 0 saturated heterocycles. The van der Waals surface area contributed by atoms with Crippen LogP contribution in [0.2, 0.25) is 0 Å². The van der Waals surface area contributed by atoms with Crippen molar-refractivity contribution in [1.82, 2.24) is 0 Å². The fourth-order valence-corrected chi connectivity index (χ4v) is 3.99. The Labute approximate surface area is 190 Å². The minimum atomic E-state index is 0. The van der Waals surface area contributed by atoms with Gasteiger partial charge in [-0.2, -0.15) is 0 Å². The maximum atomic E-state index is 2.36. The smallest absolute Gasteiger partial charge is 1.00 e. The van der Waals surface area contributed by atoms with E-state index in [-0.39, 0.29) is 58.9 Å². The Bertz CT molecular complexity index is 658. The summed E-state index contributed by atoms with van der Waals surface area (Å²) in [7, 11) is 0. The molecule has 4 heteroatoms. The van der Waals surface area contributed by atoms with Gasteiger partial charge in [0, 0.05) is 0 Å². The van der Waals surface area contributed by atoms with Gasteiger partial charge in [0.25, 0.3) is 0 Å². The first-order valence-corrected chi connectivity index (χ1v) is 8.26. The van der Waals surface area contributed by atoms with E-state index in [9.17, 15) is 0 Å². The number of allylic oxidation sites excluding steroid dienone is 4. The van der Waals surface area contributed by atoms with E-state index in [1.54, 1.807) is 11.5 Å². The molecule has 0 N–H and O–H groups in total. The first-order valence-electron chi connectivity index (χ1n) is 8.26. The summed E-state index contributed by atoms with van der Waals surface area (Å²) in [4.78, 5) is 0. The summed E-state index contributed by atoms with van der Waals surface area (Å²) in [5.41, 5.74) is 4.43. The summed E-state index contributed by atoms with van der Waals surface area (Å²) in [6.07, 6.45) is 10.7. The Balaban J connectivity index is 0.00000156. The summed E-state index contributed by atoms with van der Waals surface area (Å²) < 4.78 is 0. The van der Waals surface area contributed by atoms with Crippen molar-refractivity contribution in [2.45, 2.75) is 25.2 Å². The molecule has 1 atom stereocenters. The first kappa shape index (κ1) is 25.4. The fourth-order valence-electron chi connectivity index (χ4n) is 3.99. The van der Waals surface area contributed by atoms with Crippen molar-refractivity contribution >= 4 is 0 Å². The van der Waals surface area contributed by atoms with E-state index in [4.69, 9.17) is 0 Å². The molecule has 0 bridgehead atoms. The van der Waals surface area contributed by atoms with E-state index in [0.29, 0.717) is 5.92 Å². The summed E-state index contributed by atoms with van der Waals surface area (Å²) in [6, 6.07) is 22.0. The molecule has 1 saturated carbocycles. The van der Waals surface area contributed by atoms with Crippen molar-refractivity contribution in [2.75, 3.05) is 0 Å². The van der Waals surface area contributed by atoms with Gasteiger partial charge in [-0.15, -0.1) is 12.2 Å². The molecular weight excluding hydrogens is 418 g/mol. The van der Waals surface area contributed by atoms with Crippen molar-refractivity contribution < 1.29 is 58.9 Å². The van der Waals surface area contributed by atoms with Gasteiger partial charge in [0.1, 0.15) is 0 Å². The predicted molar refractivity (Wildman–Crippen MR) is 92.5 cm³/mol. The van der Waals surface area contributed by atoms with Crippen LogP contribution >= 0.6 is 0 Å². The molecule has 0 radical (unpaired) electrons. The zero-order chi connectivity index (χ0) is 14.8. The number of rotatable bonds is 3. The van der Waals surface area contributed by atoms with Gasteiger partial charge < -0.3 is 37.2 Å². The molecule has 26 heavy (non-hydrogen) atoms. The molecule has 1 unspecified atom stereocenters. The van der Waals surface area contributed by atoms with Gasteiger partial charge in [0.15, 0.2) is 0 Å². The fraction of sp³-hybridized carbons (Fsp3) is 0.227. The Morgan fingerprint density at radius 3 is 1.88 bits per heavy atom. The Morgan fingerprint density at radius 2 is 1.35 bits per heavy atom. The molecule has 0 aromatic heterocycles. The van der Waals surface area contributed by atoms with E-state index in [1.807, 2.05) is 0 Å². The third kappa shape index (κ3) is 5.21. The maximum absolute atomic E-state index is 2.36. The molecule has 0 nitrogen and oxygen atoms in total. The van der Waals surface area contributed by atoms with Gasteiger partial charge >= 0.3 is 21.7 Å². The molecule has 0 amide bonds. The van der Waals surface area contributed by atoms with Crippen molar-refractivity contribution in [1.29, 1.82) is 0 Å². The van der Waals surface area contributed by atoms with Crippen LogP contribution in [0.1, 0.15) is 36.3 Å². The summed E-state index contributed by atoms with van der Waals surface area (Å²) in [6.45, 7) is 0. The molecule has 2 aliphatic rings. The van der Waals surface area contributed by atoms with Crippen LogP contribution in [0.25, 0.3) is 0 Å². The zero-order valence-electron chi connectivity index (χ0n) is 14.4. The van der Waals surface area contributed by atoms with E-state index in [1.165, 1.54) is 30.4 Å². The van der Waals surface area contributed by atoms with Gasteiger partial charge in [0.05, 0.1) is 0 Å². The number of fused-ring (bicyclic) bond motifs is 1. The molecule has 2 aliphatic carbocycles. The molecule has 134 valence electrons. The Hall–Kier alpha value is -0.626. The number of hydrogen-bond donors (Lipinski definition) is 0. The van der Waals surface area contributed by atoms with Gasteiger partial charge in [0.2, 0.25) is 0 Å². The molecule has 0 aliphatic heterocycles. The van der Waals surface area contributed by atoms with Crippen LogP contribution in [0.15, 0.2) is 84.5 Å². The van der Waals surface area contributed by atoms with Crippen molar-refractivity contribution in [2.24, 2.45) is 5.92 Å². The molecule has 4 rings (SSSR count). The molecule has 0 spiro atoms. The van der Waals surface area contributed by atoms with E-state index >= 15 is 0 Å². The second-order valence-electron chi connectivity index (χ2n) is 6.30. The molecule has 2 aromatic carbocycles. The van der Waals surface area contributed by atoms with Crippen molar-refractivity contribution in [3.05, 3.63) is 102 Å². The number of benzene rings is 2. The average molecular weight is 440 g/mol. The van der Waals surface area contributed by atoms with Gasteiger partial charge in [-0.1, -0.05) is 84.6 Å². The van der Waals surface area contributed by atoms with Crippen LogP contribution in [0.3, 0.4) is 0 Å². The monoisotopic (exact) mass is 438 g/mol. The Morgan fingerprint density at radius 1 is 0.808 bits per heavy atom. The zero-order valence-corrected chi connectivity index (χ0v) is 18.2. The van der Waals surface area contributed by atoms with Crippen LogP contribution in [0.5, 0.6) is 0 Å². The second-order valence-corrected chi connectivity index (χ2v) is 6.30. The van der Waals surface area contributed by atoms with E-state index < -0.39 is 0 Å². The molecule has 2 aromatic rings. The van der Waals surface area contributed by atoms with Gasteiger partial charge in [-0.25, -0.2) is 17.6 Å². The first-order chi connectivity index (χ1) is 10.9. The SMILES string of the molecule is C1=CCC2CC[C-](C(c3ccccc3)c3ccccc3)C2=C1.[Cl-].[Cl-].[Cl-].[Ti+4]. The summed E-state index contributed by atoms with van der Waals surface area (Å²) in [5, 5.41) is 0. The second kappa shape index (κ2) is 12.0. The quantitative estimate of drug-likeness (QED) is 0.347. The van der Waals surface area contributed by atoms with Crippen LogP contribution in [-0.4, -0.2) is 0 Å². The van der Waals surface area contributed by atoms with Crippen LogP contribution in [-0.2, 0) is 21.7 Å². The van der Waals surface area contributed by atoms with Gasteiger partial charge in [-0.05, 0) is 18.3 Å². The largest absolute Gasteiger partial charge is 4.00 e. The van der Waals surface area contributed by atoms with Gasteiger partial charge in [-0.3, -0.25) is 0 Å². The number of hydrogen-bond acceptors (Lipinski definition) is 0. The van der Waals surface area contributed by atoms with Crippen LogP contribution in [0.4, 0.5) is 0 Å². The standard InChI is InChI=1S/C22H21.3ClH.Ti/c1-3-10-18(11-4-1)22(19-12-5-2-6-13-19)21-16-15-17-9-7-8-14-20(17)21;;;;/h1-8,10-14,17,22H,9,15-16H2;3*1H;/q-1;;;;+4/p-3. The molecule has 1 fully saturated rings. The number of halogens is 3. The minimum Gasteiger partial charge on any atom is -1.00 e. The Kier molecular flexibility index (Phi) is 11.7. The summed E-state index contributed by atoms with van der Waals surface area (Å²) >= 11 is 0. The third-order valence-electron chi connectivity index (χ3n) is 5.02. The van der Waals surface area contributed by atoms with Crippen LogP contribution in [0, 0.1) is 11.8 Å². The third-order valence-corrected chi connectivity index (χ3v) is 5.02. The molecule has 0 heterocycles.